The van der Waals surface area contributed by atoms with E-state index in [0.29, 0.717) is 57.3 Å². The predicted octanol–water partition coefficient (Wildman–Crippen LogP) is -3.30. The molecule has 1 rings (SSSR count). The van der Waals surface area contributed by atoms with Gasteiger partial charge in [0.2, 0.25) is 29.5 Å². The number of nitrogens with one attached hydrogen (secondary N) is 5. The van der Waals surface area contributed by atoms with Crippen LogP contribution in [-0.2, 0) is 54.1 Å². The fraction of sp³-hybridized carbons (Fsp3) is 0.639. The van der Waals surface area contributed by atoms with Gasteiger partial charge in [0.15, 0.2) is 11.7 Å². The summed E-state index contributed by atoms with van der Waals surface area (Å²) in [6.45, 7) is 2.56. The van der Waals surface area contributed by atoms with E-state index in [9.17, 15) is 33.9 Å². The molecule has 0 aromatic heterocycles. The molecule has 322 valence electrons. The van der Waals surface area contributed by atoms with Gasteiger partial charge in [0, 0.05) is 26.1 Å². The largest absolute Gasteiger partial charge is 0.394 e. The number of ketones is 1. The van der Waals surface area contributed by atoms with Gasteiger partial charge in [0.25, 0.3) is 0 Å². The lowest BCUT2D eigenvalue weighted by molar-refractivity contribution is -0.136. The van der Waals surface area contributed by atoms with E-state index in [0.717, 1.165) is 0 Å². The molecule has 57 heavy (non-hydrogen) atoms. The highest BCUT2D eigenvalue weighted by Crippen LogP contribution is 2.07. The molecule has 20 nitrogen and oxygen atoms in total. The number of benzene rings is 1. The van der Waals surface area contributed by atoms with Crippen LogP contribution < -0.4 is 43.8 Å². The second-order valence-corrected chi connectivity index (χ2v) is 13.5. The first-order valence-corrected chi connectivity index (χ1v) is 20.0. The summed E-state index contributed by atoms with van der Waals surface area (Å²) in [6.07, 6.45) is 2.47. The second kappa shape index (κ2) is 31.7. The van der Waals surface area contributed by atoms with E-state index in [1.165, 1.54) is 18.7 Å². The van der Waals surface area contributed by atoms with Crippen molar-refractivity contribution in [3.8, 4) is 0 Å². The smallest absolute Gasteiger partial charge is 0.246 e. The third-order valence-electron chi connectivity index (χ3n) is 7.79. The van der Waals surface area contributed by atoms with Gasteiger partial charge in [-0.1, -0.05) is 30.3 Å². The summed E-state index contributed by atoms with van der Waals surface area (Å²) in [5.41, 5.74) is 16.9. The number of carbonyl (C=O) groups is 6. The first-order chi connectivity index (χ1) is 27.4. The summed E-state index contributed by atoms with van der Waals surface area (Å²) >= 11 is 1.49. The number of aliphatic hydroxyl groups is 1. The monoisotopic (exact) mass is 827 g/mol. The minimum Gasteiger partial charge on any atom is -0.394 e. The second-order valence-electron chi connectivity index (χ2n) is 12.5. The number of hydrogen-bond donors (Lipinski definition) is 9. The van der Waals surface area contributed by atoms with Crippen LogP contribution in [0.1, 0.15) is 31.7 Å². The molecule has 21 heteroatoms. The van der Waals surface area contributed by atoms with E-state index in [-0.39, 0.29) is 50.7 Å². The average Bonchev–Trinajstić information content (AvgIpc) is 3.18. The van der Waals surface area contributed by atoms with Crippen LogP contribution in [0.2, 0.25) is 0 Å². The summed E-state index contributed by atoms with van der Waals surface area (Å²) < 4.78 is 21.2. The highest BCUT2D eigenvalue weighted by Gasteiger charge is 2.30. The minimum atomic E-state index is -1.44. The molecule has 0 aliphatic carbocycles. The normalized spacial score (nSPS) is 13.0. The molecule has 1 aromatic carbocycles. The summed E-state index contributed by atoms with van der Waals surface area (Å²) in [6, 6.07) is 4.08. The number of amides is 5. The van der Waals surface area contributed by atoms with Crippen molar-refractivity contribution in [1.82, 2.24) is 26.6 Å². The number of aliphatic imine (C=N–C) groups is 1. The Balaban J connectivity index is 2.86. The van der Waals surface area contributed by atoms with Crippen molar-refractivity contribution in [1.29, 1.82) is 0 Å². The van der Waals surface area contributed by atoms with Crippen LogP contribution in [-0.4, -0.2) is 162 Å². The lowest BCUT2D eigenvalue weighted by Gasteiger charge is -2.25. The number of Topliss-reactive ketones (excluding diaryl/α,β-unsaturated/α-hetero) is 1. The number of nitrogens with two attached hydrogens (primary N) is 3. The number of aliphatic hydroxyl groups excluding tert-OH is 1. The zero-order valence-electron chi connectivity index (χ0n) is 32.8. The third kappa shape index (κ3) is 24.8. The van der Waals surface area contributed by atoms with Crippen molar-refractivity contribution < 1.29 is 52.8 Å². The molecule has 12 N–H and O–H groups in total. The zero-order chi connectivity index (χ0) is 42.3. The highest BCUT2D eigenvalue weighted by atomic mass is 32.2. The van der Waals surface area contributed by atoms with Gasteiger partial charge in [0.1, 0.15) is 31.3 Å². The van der Waals surface area contributed by atoms with E-state index in [2.05, 4.69) is 31.6 Å². The Morgan fingerprint density at radius 3 is 1.93 bits per heavy atom. The van der Waals surface area contributed by atoms with Gasteiger partial charge in [0.05, 0.1) is 52.3 Å². The molecule has 4 atom stereocenters. The molecular formula is C36H61N9O11S. The topological polar surface area (TPSA) is 310 Å². The van der Waals surface area contributed by atoms with Gasteiger partial charge in [-0.3, -0.25) is 33.8 Å². The van der Waals surface area contributed by atoms with E-state index in [1.54, 1.807) is 30.3 Å². The van der Waals surface area contributed by atoms with E-state index in [4.69, 9.17) is 36.1 Å². The summed E-state index contributed by atoms with van der Waals surface area (Å²) in [7, 11) is 0. The number of hydrogen-bond acceptors (Lipinski definition) is 14. The van der Waals surface area contributed by atoms with Crippen LogP contribution in [0.4, 0.5) is 0 Å². The van der Waals surface area contributed by atoms with Gasteiger partial charge < -0.3 is 67.8 Å². The fourth-order valence-corrected chi connectivity index (χ4v) is 5.34. The maximum Gasteiger partial charge on any atom is 0.246 e. The molecule has 0 saturated heterocycles. The first-order valence-electron chi connectivity index (χ1n) is 18.6. The van der Waals surface area contributed by atoms with Gasteiger partial charge in [-0.25, -0.2) is 0 Å². The SMILES string of the molecule is CSCC[C@H](NC(=O)[C@H](CO)NC(=O)[C@H](CCCN=C(N)N)NC(=O)[C@H](Cc1ccccc1)NC(=O)COCC(=O)NCCOCCOCCOCCN)C(C)=O. The van der Waals surface area contributed by atoms with Crippen LogP contribution >= 0.6 is 11.8 Å². The summed E-state index contributed by atoms with van der Waals surface area (Å²) in [5.74, 6) is -3.39. The third-order valence-corrected chi connectivity index (χ3v) is 8.43. The molecule has 0 aliphatic rings. The van der Waals surface area contributed by atoms with Crippen LogP contribution in [0.3, 0.4) is 0 Å². The van der Waals surface area contributed by atoms with Gasteiger partial charge in [-0.05, 0) is 43.8 Å². The molecule has 0 radical (unpaired) electrons. The van der Waals surface area contributed by atoms with Gasteiger partial charge in [-0.2, -0.15) is 11.8 Å². The molecule has 0 bridgehead atoms. The van der Waals surface area contributed by atoms with Crippen LogP contribution in [0.5, 0.6) is 0 Å². The quantitative estimate of drug-likeness (QED) is 0.0191. The van der Waals surface area contributed by atoms with Crippen molar-refractivity contribution in [2.24, 2.45) is 22.2 Å². The number of ether oxygens (including phenoxy) is 4. The number of carbonyl (C=O) groups excluding carboxylic acids is 6. The van der Waals surface area contributed by atoms with E-state index < -0.39 is 73.5 Å². The number of nitrogens with zero attached hydrogens (tertiary/aromatic N) is 1. The Bertz CT molecular complexity index is 1370. The molecule has 0 fully saturated rings. The molecule has 5 amide bonds. The Hall–Kier alpha value is -4.38. The zero-order valence-corrected chi connectivity index (χ0v) is 33.7. The first kappa shape index (κ1) is 50.6. The highest BCUT2D eigenvalue weighted by molar-refractivity contribution is 7.98. The standard InChI is InChI=1S/C36H61N9O11S/c1-25(47)27(10-20-57-2)43-35(52)30(22-46)45-33(50)28(9-6-12-41-36(38)39)44-34(51)29(21-26-7-4-3-5-8-26)42-32(49)24-56-23-31(48)40-13-15-54-17-19-55-18-16-53-14-11-37/h3-5,7-8,27-30,46H,6,9-24,37H2,1-2H3,(H,40,48)(H,42,49)(H,43,52)(H,44,51)(H,45,50)(H4,38,39,41)/t27-,28-,29-,30-/m0/s1. The van der Waals surface area contributed by atoms with Crippen molar-refractivity contribution in [2.45, 2.75) is 56.8 Å². The van der Waals surface area contributed by atoms with E-state index in [1.807, 2.05) is 6.26 Å². The molecule has 0 saturated carbocycles. The van der Waals surface area contributed by atoms with Crippen molar-refractivity contribution >= 4 is 53.0 Å². The number of guanidine groups is 1. The Kier molecular flexibility index (Phi) is 28.1. The van der Waals surface area contributed by atoms with Gasteiger partial charge >= 0.3 is 0 Å². The van der Waals surface area contributed by atoms with Crippen LogP contribution in [0, 0.1) is 0 Å². The molecule has 1 aromatic rings. The average molecular weight is 828 g/mol. The maximum absolute atomic E-state index is 13.7. The number of thioether (sulfide) groups is 1. The molecular weight excluding hydrogens is 767 g/mol. The molecule has 0 heterocycles. The van der Waals surface area contributed by atoms with Crippen LogP contribution in [0.15, 0.2) is 35.3 Å². The Morgan fingerprint density at radius 2 is 1.32 bits per heavy atom. The lowest BCUT2D eigenvalue weighted by atomic mass is 10.0. The van der Waals surface area contributed by atoms with Crippen molar-refractivity contribution in [3.63, 3.8) is 0 Å². The van der Waals surface area contributed by atoms with Crippen LogP contribution in [0.25, 0.3) is 0 Å². The van der Waals surface area contributed by atoms with Gasteiger partial charge in [-0.15, -0.1) is 0 Å². The molecule has 0 unspecified atom stereocenters. The molecule has 0 spiro atoms. The Morgan fingerprint density at radius 1 is 0.737 bits per heavy atom. The lowest BCUT2D eigenvalue weighted by Crippen LogP contribution is -2.59. The van der Waals surface area contributed by atoms with E-state index >= 15 is 0 Å². The van der Waals surface area contributed by atoms with Crippen molar-refractivity contribution in [2.75, 3.05) is 91.1 Å². The minimum absolute atomic E-state index is 0.00596. The van der Waals surface area contributed by atoms with Crippen molar-refractivity contribution in [3.05, 3.63) is 35.9 Å². The molecule has 0 aliphatic heterocycles. The maximum atomic E-state index is 13.7. The summed E-state index contributed by atoms with van der Waals surface area (Å²) in [5, 5.41) is 22.8. The number of rotatable bonds is 33. The summed E-state index contributed by atoms with van der Waals surface area (Å²) in [4.78, 5) is 81.4. The fourth-order valence-electron chi connectivity index (χ4n) is 4.87. The predicted molar refractivity (Wildman–Crippen MR) is 214 cm³/mol. The Labute approximate surface area is 337 Å².